The molecule has 3 aromatic carbocycles. The average molecular weight is 529 g/mol. The maximum absolute atomic E-state index is 13.9. The van der Waals surface area contributed by atoms with Crippen LogP contribution < -0.4 is 24.5 Å². The van der Waals surface area contributed by atoms with E-state index in [1.54, 1.807) is 38.5 Å². The minimum atomic E-state index is -0.773. The molecule has 2 aromatic heterocycles. The van der Waals surface area contributed by atoms with E-state index in [-0.39, 0.29) is 16.8 Å². The van der Waals surface area contributed by atoms with E-state index in [1.165, 1.54) is 16.2 Å². The molecule has 1 atom stereocenters. The number of amides is 1. The zero-order chi connectivity index (χ0) is 26.6. The van der Waals surface area contributed by atoms with Crippen molar-refractivity contribution in [3.63, 3.8) is 0 Å². The monoisotopic (exact) mass is 528 g/mol. The predicted molar refractivity (Wildman–Crippen MR) is 146 cm³/mol. The van der Waals surface area contributed by atoms with Crippen LogP contribution in [0.1, 0.15) is 40.2 Å². The standard InChI is InChI=1S/C29H24N2O6S/c1-5-36-21-11-7-16(13-22(21)35-4)25-24-26(32)18-12-15(2)6-10-20(18)37-27(24)28(33)31(25)29-30-19-9-8-17(34-3)14-23(19)38-29/h6-14,25H,5H2,1-4H3. The third-order valence-corrected chi connectivity index (χ3v) is 7.64. The van der Waals surface area contributed by atoms with Crippen LogP contribution in [0.3, 0.4) is 0 Å². The Labute approximate surface area is 222 Å². The van der Waals surface area contributed by atoms with Crippen LogP contribution in [0.25, 0.3) is 21.2 Å². The maximum atomic E-state index is 13.9. The first-order valence-corrected chi connectivity index (χ1v) is 12.9. The average Bonchev–Trinajstić information content (AvgIpc) is 3.47. The summed E-state index contributed by atoms with van der Waals surface area (Å²) in [6, 6.07) is 15.5. The van der Waals surface area contributed by atoms with Crippen molar-refractivity contribution in [2.24, 2.45) is 0 Å². The normalized spacial score (nSPS) is 14.8. The van der Waals surface area contributed by atoms with E-state index in [0.717, 1.165) is 15.8 Å². The topological polar surface area (TPSA) is 91.1 Å². The SMILES string of the molecule is CCOc1ccc(C2c3c(oc4ccc(C)cc4c3=O)C(=O)N2c2nc3ccc(OC)cc3s2)cc1OC. The zero-order valence-corrected chi connectivity index (χ0v) is 22.0. The Balaban J connectivity index is 1.61. The fourth-order valence-corrected chi connectivity index (χ4v) is 5.87. The maximum Gasteiger partial charge on any atom is 0.297 e. The number of ether oxygens (including phenoxy) is 3. The Morgan fingerprint density at radius 1 is 1.00 bits per heavy atom. The van der Waals surface area contributed by atoms with Crippen molar-refractivity contribution in [3.8, 4) is 17.2 Å². The van der Waals surface area contributed by atoms with E-state index < -0.39 is 11.9 Å². The second-order valence-corrected chi connectivity index (χ2v) is 9.93. The van der Waals surface area contributed by atoms with Crippen molar-refractivity contribution in [2.45, 2.75) is 19.9 Å². The van der Waals surface area contributed by atoms with Crippen molar-refractivity contribution in [1.82, 2.24) is 4.98 Å². The number of aromatic nitrogens is 1. The number of methoxy groups -OCH3 is 2. The summed E-state index contributed by atoms with van der Waals surface area (Å²) in [5.41, 5.74) is 2.71. The number of hydrogen-bond acceptors (Lipinski definition) is 8. The molecule has 0 radical (unpaired) electrons. The third-order valence-electron chi connectivity index (χ3n) is 6.62. The van der Waals surface area contributed by atoms with Crippen molar-refractivity contribution in [2.75, 3.05) is 25.7 Å². The molecular weight excluding hydrogens is 504 g/mol. The second kappa shape index (κ2) is 9.18. The van der Waals surface area contributed by atoms with Crippen LogP contribution in [0.15, 0.2) is 63.8 Å². The van der Waals surface area contributed by atoms with Crippen LogP contribution in [0.4, 0.5) is 5.13 Å². The molecule has 0 spiro atoms. The summed E-state index contributed by atoms with van der Waals surface area (Å²) in [4.78, 5) is 34.2. The van der Waals surface area contributed by atoms with E-state index in [1.807, 2.05) is 44.2 Å². The molecule has 0 fully saturated rings. The Kier molecular flexibility index (Phi) is 5.80. The molecule has 9 heteroatoms. The molecule has 1 unspecified atom stereocenters. The van der Waals surface area contributed by atoms with Gasteiger partial charge in [-0.2, -0.15) is 0 Å². The van der Waals surface area contributed by atoms with Gasteiger partial charge in [-0.15, -0.1) is 0 Å². The molecule has 0 saturated carbocycles. The molecule has 1 amide bonds. The van der Waals surface area contributed by atoms with Gasteiger partial charge < -0.3 is 18.6 Å². The van der Waals surface area contributed by atoms with E-state index in [2.05, 4.69) is 0 Å². The van der Waals surface area contributed by atoms with Crippen LogP contribution in [0, 0.1) is 6.92 Å². The zero-order valence-electron chi connectivity index (χ0n) is 21.2. The highest BCUT2D eigenvalue weighted by Crippen LogP contribution is 2.45. The van der Waals surface area contributed by atoms with Gasteiger partial charge in [-0.3, -0.25) is 14.5 Å². The van der Waals surface area contributed by atoms with Gasteiger partial charge in [-0.05, 0) is 61.9 Å². The molecule has 5 aromatic rings. The molecule has 192 valence electrons. The summed E-state index contributed by atoms with van der Waals surface area (Å²) >= 11 is 1.34. The van der Waals surface area contributed by atoms with Gasteiger partial charge in [0.1, 0.15) is 11.3 Å². The van der Waals surface area contributed by atoms with E-state index in [0.29, 0.717) is 45.5 Å². The van der Waals surface area contributed by atoms with Crippen molar-refractivity contribution < 1.29 is 23.4 Å². The minimum Gasteiger partial charge on any atom is -0.497 e. The summed E-state index contributed by atoms with van der Waals surface area (Å²) in [6.07, 6.45) is 0. The number of aryl methyl sites for hydroxylation is 1. The van der Waals surface area contributed by atoms with Crippen LogP contribution in [-0.2, 0) is 0 Å². The Morgan fingerprint density at radius 2 is 1.84 bits per heavy atom. The van der Waals surface area contributed by atoms with Gasteiger partial charge in [0, 0.05) is 0 Å². The quantitative estimate of drug-likeness (QED) is 0.272. The molecule has 3 heterocycles. The Morgan fingerprint density at radius 3 is 2.61 bits per heavy atom. The number of hydrogen-bond donors (Lipinski definition) is 0. The van der Waals surface area contributed by atoms with Gasteiger partial charge in [-0.1, -0.05) is 29.0 Å². The molecule has 0 saturated heterocycles. The summed E-state index contributed by atoms with van der Waals surface area (Å²) in [5, 5.41) is 0.873. The predicted octanol–water partition coefficient (Wildman–Crippen LogP) is 5.88. The number of fused-ring (bicyclic) bond motifs is 3. The lowest BCUT2D eigenvalue weighted by molar-refractivity contribution is 0.0971. The Hall–Kier alpha value is -4.37. The number of rotatable bonds is 6. The summed E-state index contributed by atoms with van der Waals surface area (Å²) in [7, 11) is 3.15. The number of thiazole rings is 1. The molecule has 1 aliphatic rings. The lowest BCUT2D eigenvalue weighted by Crippen LogP contribution is -2.29. The highest BCUT2D eigenvalue weighted by Gasteiger charge is 2.45. The highest BCUT2D eigenvalue weighted by atomic mass is 32.1. The number of carbonyl (C=O) groups is 1. The van der Waals surface area contributed by atoms with Gasteiger partial charge in [-0.25, -0.2) is 4.98 Å². The minimum absolute atomic E-state index is 0.0149. The first kappa shape index (κ1) is 24.0. The summed E-state index contributed by atoms with van der Waals surface area (Å²) in [5.74, 6) is 1.35. The fraction of sp³-hybridized carbons (Fsp3) is 0.207. The first-order valence-electron chi connectivity index (χ1n) is 12.1. The molecule has 38 heavy (non-hydrogen) atoms. The second-order valence-electron chi connectivity index (χ2n) is 8.92. The largest absolute Gasteiger partial charge is 0.497 e. The van der Waals surface area contributed by atoms with Crippen LogP contribution in [-0.4, -0.2) is 31.7 Å². The smallest absolute Gasteiger partial charge is 0.297 e. The first-order chi connectivity index (χ1) is 18.4. The van der Waals surface area contributed by atoms with Crippen LogP contribution in [0.5, 0.6) is 17.2 Å². The lowest BCUT2D eigenvalue weighted by Gasteiger charge is -2.23. The van der Waals surface area contributed by atoms with Crippen LogP contribution >= 0.6 is 11.3 Å². The van der Waals surface area contributed by atoms with Gasteiger partial charge in [0.25, 0.3) is 5.91 Å². The van der Waals surface area contributed by atoms with Crippen molar-refractivity contribution >= 4 is 43.6 Å². The van der Waals surface area contributed by atoms with E-state index in [4.69, 9.17) is 23.6 Å². The van der Waals surface area contributed by atoms with Crippen LogP contribution in [0.2, 0.25) is 0 Å². The molecule has 8 nitrogen and oxygen atoms in total. The number of nitrogens with zero attached hydrogens (tertiary/aromatic N) is 2. The van der Waals surface area contributed by atoms with Gasteiger partial charge in [0.2, 0.25) is 5.76 Å². The van der Waals surface area contributed by atoms with E-state index >= 15 is 0 Å². The molecule has 0 bridgehead atoms. The summed E-state index contributed by atoms with van der Waals surface area (Å²) < 4.78 is 23.6. The summed E-state index contributed by atoms with van der Waals surface area (Å²) in [6.45, 7) is 4.27. The number of carbonyl (C=O) groups excluding carboxylic acids is 1. The molecule has 1 aliphatic heterocycles. The number of benzene rings is 3. The Bertz CT molecular complexity index is 1790. The molecule has 0 aliphatic carbocycles. The fourth-order valence-electron chi connectivity index (χ4n) is 4.85. The van der Waals surface area contributed by atoms with Crippen molar-refractivity contribution in [1.29, 1.82) is 0 Å². The number of anilines is 1. The van der Waals surface area contributed by atoms with E-state index in [9.17, 15) is 9.59 Å². The van der Waals surface area contributed by atoms with Gasteiger partial charge >= 0.3 is 0 Å². The molecule has 0 N–H and O–H groups in total. The lowest BCUT2D eigenvalue weighted by atomic mass is 9.98. The van der Waals surface area contributed by atoms with Gasteiger partial charge in [0.05, 0.1) is 48.0 Å². The van der Waals surface area contributed by atoms with Crippen molar-refractivity contribution in [3.05, 3.63) is 87.3 Å². The highest BCUT2D eigenvalue weighted by molar-refractivity contribution is 7.22. The molecular formula is C29H24N2O6S. The third kappa shape index (κ3) is 3.69. The molecule has 6 rings (SSSR count). The van der Waals surface area contributed by atoms with Gasteiger partial charge in [0.15, 0.2) is 22.1 Å².